The van der Waals surface area contributed by atoms with Gasteiger partial charge in [-0.3, -0.25) is 19.5 Å². The van der Waals surface area contributed by atoms with Gasteiger partial charge in [0, 0.05) is 0 Å². The van der Waals surface area contributed by atoms with Crippen molar-refractivity contribution in [1.82, 2.24) is 15.1 Å². The zero-order chi connectivity index (χ0) is 17.1. The van der Waals surface area contributed by atoms with E-state index in [4.69, 9.17) is 0 Å². The summed E-state index contributed by atoms with van der Waals surface area (Å²) < 4.78 is 1.04. The van der Waals surface area contributed by atoms with E-state index in [9.17, 15) is 14.4 Å². The van der Waals surface area contributed by atoms with Gasteiger partial charge in [-0.2, -0.15) is 0 Å². The second-order valence-electron chi connectivity index (χ2n) is 5.58. The number of H-pyrrole nitrogens is 1. The van der Waals surface area contributed by atoms with E-state index in [0.29, 0.717) is 10.8 Å². The Bertz CT molecular complexity index is 990. The topological polar surface area (TPSA) is 84.0 Å². The van der Waals surface area contributed by atoms with Crippen LogP contribution in [0.4, 0.5) is 0 Å². The summed E-state index contributed by atoms with van der Waals surface area (Å²) in [6, 6.07) is 15.8. The molecule has 0 saturated heterocycles. The van der Waals surface area contributed by atoms with Gasteiger partial charge in [-0.05, 0) is 24.6 Å². The molecule has 0 aliphatic rings. The molecule has 1 unspecified atom stereocenters. The van der Waals surface area contributed by atoms with E-state index in [1.54, 1.807) is 24.3 Å². The molecule has 0 bridgehead atoms. The molecule has 6 heteroatoms. The lowest BCUT2D eigenvalue weighted by Gasteiger charge is -2.15. The van der Waals surface area contributed by atoms with Crippen LogP contribution in [0.3, 0.4) is 0 Å². The standard InChI is InChI=1S/C18H17N3O3/c1-12(13-7-3-2-4-8-13)19-16(22)11-21-18(24)15-10-6-5-9-14(15)17(23)20-21/h2-10,12H,11H2,1H3,(H,19,22)(H,20,23). The second-order valence-corrected chi connectivity index (χ2v) is 5.58. The molecular formula is C18H17N3O3. The minimum Gasteiger partial charge on any atom is -0.348 e. The maximum absolute atomic E-state index is 12.4. The van der Waals surface area contributed by atoms with E-state index in [1.807, 2.05) is 37.3 Å². The Balaban J connectivity index is 1.82. The van der Waals surface area contributed by atoms with Gasteiger partial charge in [0.2, 0.25) is 5.91 Å². The van der Waals surface area contributed by atoms with E-state index in [-0.39, 0.29) is 18.5 Å². The minimum atomic E-state index is -0.396. The van der Waals surface area contributed by atoms with Crippen molar-refractivity contribution in [3.63, 3.8) is 0 Å². The number of benzene rings is 2. The van der Waals surface area contributed by atoms with Crippen molar-refractivity contribution < 1.29 is 4.79 Å². The van der Waals surface area contributed by atoms with Gasteiger partial charge in [0.05, 0.1) is 16.8 Å². The van der Waals surface area contributed by atoms with Crippen LogP contribution in [0.15, 0.2) is 64.2 Å². The lowest BCUT2D eigenvalue weighted by atomic mass is 10.1. The molecule has 122 valence electrons. The highest BCUT2D eigenvalue weighted by molar-refractivity contribution is 5.81. The first-order chi connectivity index (χ1) is 11.6. The fraction of sp³-hybridized carbons (Fsp3) is 0.167. The van der Waals surface area contributed by atoms with Gasteiger partial charge in [-0.15, -0.1) is 0 Å². The van der Waals surface area contributed by atoms with Crippen molar-refractivity contribution >= 4 is 16.7 Å². The third-order valence-corrected chi connectivity index (χ3v) is 3.86. The quantitative estimate of drug-likeness (QED) is 0.764. The average molecular weight is 323 g/mol. The fourth-order valence-corrected chi connectivity index (χ4v) is 2.61. The van der Waals surface area contributed by atoms with E-state index < -0.39 is 11.1 Å². The lowest BCUT2D eigenvalue weighted by Crippen LogP contribution is -2.37. The van der Waals surface area contributed by atoms with Gasteiger partial charge in [0.15, 0.2) is 0 Å². The summed E-state index contributed by atoms with van der Waals surface area (Å²) in [7, 11) is 0. The predicted molar refractivity (Wildman–Crippen MR) is 91.8 cm³/mol. The van der Waals surface area contributed by atoms with Crippen LogP contribution in [-0.4, -0.2) is 15.7 Å². The highest BCUT2D eigenvalue weighted by Gasteiger charge is 2.12. The smallest absolute Gasteiger partial charge is 0.273 e. The normalized spacial score (nSPS) is 12.0. The van der Waals surface area contributed by atoms with Crippen LogP contribution in [0.1, 0.15) is 18.5 Å². The number of fused-ring (bicyclic) bond motifs is 1. The number of hydrogen-bond donors (Lipinski definition) is 2. The van der Waals surface area contributed by atoms with Crippen LogP contribution in [0.25, 0.3) is 10.8 Å². The first kappa shape index (κ1) is 15.7. The highest BCUT2D eigenvalue weighted by Crippen LogP contribution is 2.10. The fourth-order valence-electron chi connectivity index (χ4n) is 2.61. The summed E-state index contributed by atoms with van der Waals surface area (Å²) in [5.41, 5.74) is 0.173. The molecule has 1 amide bonds. The Morgan fingerprint density at radius 1 is 1.04 bits per heavy atom. The molecule has 3 rings (SSSR count). The number of rotatable bonds is 4. The number of carbonyl (C=O) groups is 1. The number of hydrogen-bond acceptors (Lipinski definition) is 3. The van der Waals surface area contributed by atoms with Crippen LogP contribution in [0.5, 0.6) is 0 Å². The van der Waals surface area contributed by atoms with Gasteiger partial charge in [-0.25, -0.2) is 4.68 Å². The monoisotopic (exact) mass is 323 g/mol. The summed E-state index contributed by atoms with van der Waals surface area (Å²) in [6.07, 6.45) is 0. The van der Waals surface area contributed by atoms with E-state index >= 15 is 0 Å². The van der Waals surface area contributed by atoms with Crippen LogP contribution in [0, 0.1) is 0 Å². The third-order valence-electron chi connectivity index (χ3n) is 3.86. The zero-order valence-electron chi connectivity index (χ0n) is 13.2. The van der Waals surface area contributed by atoms with Gasteiger partial charge in [0.1, 0.15) is 6.54 Å². The molecule has 0 spiro atoms. The molecule has 1 atom stereocenters. The summed E-state index contributed by atoms with van der Waals surface area (Å²) in [6.45, 7) is 1.62. The predicted octanol–water partition coefficient (Wildman–Crippen LogP) is 1.57. The first-order valence-corrected chi connectivity index (χ1v) is 7.62. The number of aromatic amines is 1. The molecular weight excluding hydrogens is 306 g/mol. The summed E-state index contributed by atoms with van der Waals surface area (Å²) in [5.74, 6) is -0.348. The number of nitrogens with zero attached hydrogens (tertiary/aromatic N) is 1. The molecule has 0 aliphatic heterocycles. The Morgan fingerprint density at radius 2 is 1.67 bits per heavy atom. The maximum atomic E-state index is 12.4. The van der Waals surface area contributed by atoms with Gasteiger partial charge in [0.25, 0.3) is 11.1 Å². The van der Waals surface area contributed by atoms with Crippen molar-refractivity contribution in [1.29, 1.82) is 0 Å². The highest BCUT2D eigenvalue weighted by atomic mass is 16.2. The van der Waals surface area contributed by atoms with Crippen molar-refractivity contribution in [2.24, 2.45) is 0 Å². The van der Waals surface area contributed by atoms with Crippen molar-refractivity contribution in [2.75, 3.05) is 0 Å². The first-order valence-electron chi connectivity index (χ1n) is 7.62. The lowest BCUT2D eigenvalue weighted by molar-refractivity contribution is -0.122. The molecule has 0 radical (unpaired) electrons. The third kappa shape index (κ3) is 3.12. The van der Waals surface area contributed by atoms with Crippen LogP contribution in [0.2, 0.25) is 0 Å². The van der Waals surface area contributed by atoms with Crippen LogP contribution >= 0.6 is 0 Å². The maximum Gasteiger partial charge on any atom is 0.273 e. The molecule has 24 heavy (non-hydrogen) atoms. The van der Waals surface area contributed by atoms with E-state index in [0.717, 1.165) is 10.2 Å². The SMILES string of the molecule is CC(NC(=O)Cn1[nH]c(=O)c2ccccc2c1=O)c1ccccc1. The zero-order valence-corrected chi connectivity index (χ0v) is 13.2. The molecule has 1 heterocycles. The summed E-state index contributed by atoms with van der Waals surface area (Å²) in [4.78, 5) is 36.6. The number of amides is 1. The van der Waals surface area contributed by atoms with Gasteiger partial charge in [-0.1, -0.05) is 42.5 Å². The number of carbonyl (C=O) groups excluding carboxylic acids is 1. The summed E-state index contributed by atoms with van der Waals surface area (Å²) >= 11 is 0. The van der Waals surface area contributed by atoms with Gasteiger partial charge >= 0.3 is 0 Å². The Labute approximate surface area is 137 Å². The second kappa shape index (κ2) is 6.54. The Hall–Kier alpha value is -3.15. The van der Waals surface area contributed by atoms with Crippen LogP contribution in [-0.2, 0) is 11.3 Å². The van der Waals surface area contributed by atoms with E-state index in [2.05, 4.69) is 10.4 Å². The van der Waals surface area contributed by atoms with Crippen molar-refractivity contribution in [3.8, 4) is 0 Å². The molecule has 0 fully saturated rings. The Morgan fingerprint density at radius 3 is 2.38 bits per heavy atom. The van der Waals surface area contributed by atoms with E-state index in [1.165, 1.54) is 0 Å². The summed E-state index contributed by atoms with van der Waals surface area (Å²) in [5, 5.41) is 5.88. The molecule has 1 aromatic heterocycles. The van der Waals surface area contributed by atoms with Gasteiger partial charge < -0.3 is 5.32 Å². The molecule has 2 N–H and O–H groups in total. The largest absolute Gasteiger partial charge is 0.348 e. The Kier molecular flexibility index (Phi) is 4.29. The minimum absolute atomic E-state index is 0.193. The average Bonchev–Trinajstić information content (AvgIpc) is 2.60. The molecule has 6 nitrogen and oxygen atoms in total. The molecule has 2 aromatic carbocycles. The van der Waals surface area contributed by atoms with Crippen LogP contribution < -0.4 is 16.4 Å². The number of aromatic nitrogens is 2. The van der Waals surface area contributed by atoms with Crippen molar-refractivity contribution in [3.05, 3.63) is 80.9 Å². The molecule has 0 aliphatic carbocycles. The van der Waals surface area contributed by atoms with Crippen molar-refractivity contribution in [2.45, 2.75) is 19.5 Å². The molecule has 3 aromatic rings. The number of nitrogens with one attached hydrogen (secondary N) is 2. The molecule has 0 saturated carbocycles.